The molecule has 0 radical (unpaired) electrons. The van der Waals surface area contributed by atoms with Gasteiger partial charge in [0, 0.05) is 4.47 Å². The van der Waals surface area contributed by atoms with Crippen molar-refractivity contribution in [3.05, 3.63) is 79.6 Å². The van der Waals surface area contributed by atoms with E-state index in [2.05, 4.69) is 26.1 Å². The van der Waals surface area contributed by atoms with E-state index in [4.69, 9.17) is 4.42 Å². The van der Waals surface area contributed by atoms with Gasteiger partial charge >= 0.3 is 0 Å². The molecule has 3 heterocycles. The summed E-state index contributed by atoms with van der Waals surface area (Å²) in [6.07, 6.45) is 0. The third-order valence-corrected chi connectivity index (χ3v) is 5.75. The number of aromatic hydroxyl groups is 1. The molecule has 0 bridgehead atoms. The summed E-state index contributed by atoms with van der Waals surface area (Å²) in [5.74, 6) is -0.464. The molecule has 1 aliphatic rings. The number of fused-ring (bicyclic) bond motifs is 2. The molecular formula is C19H10BrN3O4S. The molecular weight excluding hydrogens is 446 g/mol. The number of amides is 1. The second kappa shape index (κ2) is 6.25. The fraction of sp³-hybridized carbons (Fsp3) is 0.0526. The van der Waals surface area contributed by atoms with Crippen LogP contribution in [-0.4, -0.2) is 21.2 Å². The molecule has 0 saturated carbocycles. The van der Waals surface area contributed by atoms with E-state index >= 15 is 0 Å². The van der Waals surface area contributed by atoms with Gasteiger partial charge in [-0.2, -0.15) is 0 Å². The number of carbonyl (C=O) groups excluding carboxylic acids is 1. The third kappa shape index (κ3) is 2.47. The molecule has 0 saturated heterocycles. The van der Waals surface area contributed by atoms with Gasteiger partial charge in [-0.25, -0.2) is 0 Å². The fourth-order valence-corrected chi connectivity index (χ4v) is 4.37. The predicted octanol–water partition coefficient (Wildman–Crippen LogP) is 3.86. The first-order valence-corrected chi connectivity index (χ1v) is 9.87. The summed E-state index contributed by atoms with van der Waals surface area (Å²) >= 11 is 4.54. The number of rotatable bonds is 2. The van der Waals surface area contributed by atoms with Crippen molar-refractivity contribution in [2.24, 2.45) is 0 Å². The van der Waals surface area contributed by atoms with E-state index in [9.17, 15) is 14.7 Å². The van der Waals surface area contributed by atoms with Crippen molar-refractivity contribution < 1.29 is 14.3 Å². The van der Waals surface area contributed by atoms with Crippen LogP contribution in [0.1, 0.15) is 27.7 Å². The van der Waals surface area contributed by atoms with Gasteiger partial charge in [0.05, 0.1) is 17.0 Å². The van der Waals surface area contributed by atoms with Gasteiger partial charge in [-0.3, -0.25) is 14.5 Å². The minimum absolute atomic E-state index is 0.0247. The summed E-state index contributed by atoms with van der Waals surface area (Å²) in [4.78, 5) is 27.9. The van der Waals surface area contributed by atoms with Gasteiger partial charge in [0.2, 0.25) is 10.9 Å². The molecule has 1 N–H and O–H groups in total. The molecule has 0 fully saturated rings. The van der Waals surface area contributed by atoms with Crippen molar-refractivity contribution in [1.82, 2.24) is 10.2 Å². The van der Waals surface area contributed by atoms with E-state index in [0.29, 0.717) is 21.7 Å². The number of hydrogen-bond donors (Lipinski definition) is 1. The number of aromatic nitrogens is 2. The number of anilines is 1. The Balaban J connectivity index is 1.85. The van der Waals surface area contributed by atoms with Gasteiger partial charge in [-0.15, -0.1) is 10.2 Å². The molecule has 1 aliphatic heterocycles. The number of nitrogens with zero attached hydrogens (tertiary/aromatic N) is 3. The van der Waals surface area contributed by atoms with Crippen LogP contribution < -0.4 is 10.3 Å². The van der Waals surface area contributed by atoms with Crippen molar-refractivity contribution in [3.63, 3.8) is 0 Å². The molecule has 28 heavy (non-hydrogen) atoms. The van der Waals surface area contributed by atoms with Gasteiger partial charge in [-0.1, -0.05) is 39.4 Å². The van der Waals surface area contributed by atoms with Crippen LogP contribution >= 0.6 is 27.3 Å². The molecule has 0 aliphatic carbocycles. The van der Waals surface area contributed by atoms with E-state index < -0.39 is 11.9 Å². The molecule has 1 atom stereocenters. The van der Waals surface area contributed by atoms with E-state index in [1.54, 1.807) is 30.3 Å². The lowest BCUT2D eigenvalue weighted by atomic mass is 9.98. The summed E-state index contributed by atoms with van der Waals surface area (Å²) < 4.78 is 6.57. The summed E-state index contributed by atoms with van der Waals surface area (Å²) in [6, 6.07) is 10.7. The largest absolute Gasteiger partial charge is 0.508 e. The molecule has 1 unspecified atom stereocenters. The highest BCUT2D eigenvalue weighted by molar-refractivity contribution is 9.10. The smallest absolute Gasteiger partial charge is 0.297 e. The first-order chi connectivity index (χ1) is 13.5. The highest BCUT2D eigenvalue weighted by atomic mass is 79.9. The Morgan fingerprint density at radius 1 is 1.18 bits per heavy atom. The lowest BCUT2D eigenvalue weighted by Crippen LogP contribution is -2.29. The normalized spacial score (nSPS) is 16.0. The third-order valence-electron chi connectivity index (χ3n) is 4.57. The Bertz CT molecular complexity index is 1300. The number of hydrogen-bond acceptors (Lipinski definition) is 7. The molecule has 4 aromatic rings. The summed E-state index contributed by atoms with van der Waals surface area (Å²) in [6.45, 7) is 0. The Morgan fingerprint density at radius 3 is 2.79 bits per heavy atom. The lowest BCUT2D eigenvalue weighted by Gasteiger charge is -2.22. The van der Waals surface area contributed by atoms with Crippen LogP contribution in [0, 0.1) is 0 Å². The zero-order valence-electron chi connectivity index (χ0n) is 14.0. The van der Waals surface area contributed by atoms with Gasteiger partial charge in [0.1, 0.15) is 16.8 Å². The van der Waals surface area contributed by atoms with E-state index in [-0.39, 0.29) is 22.5 Å². The molecule has 1 amide bonds. The molecule has 9 heteroatoms. The topological polar surface area (TPSA) is 96.5 Å². The van der Waals surface area contributed by atoms with Crippen LogP contribution in [0.25, 0.3) is 11.0 Å². The first-order valence-electron chi connectivity index (χ1n) is 8.19. The van der Waals surface area contributed by atoms with Crippen molar-refractivity contribution in [2.45, 2.75) is 6.04 Å². The second-order valence-corrected chi connectivity index (χ2v) is 7.94. The second-order valence-electron chi connectivity index (χ2n) is 6.21. The highest BCUT2D eigenvalue weighted by Crippen LogP contribution is 2.42. The predicted molar refractivity (Wildman–Crippen MR) is 107 cm³/mol. The molecule has 0 spiro atoms. The van der Waals surface area contributed by atoms with Crippen LogP contribution in [0.5, 0.6) is 5.75 Å². The van der Waals surface area contributed by atoms with Crippen LogP contribution in [0.2, 0.25) is 0 Å². The average Bonchev–Trinajstić information content (AvgIpc) is 3.29. The standard InChI is InChI=1S/C19H10BrN3O4S/c20-10-4-5-13-12(7-10)16(25)14-15(9-2-1-3-11(24)6-9)23(18(26)17(14)27-13)19-22-21-8-28-19/h1-8,15,24H. The lowest BCUT2D eigenvalue weighted by molar-refractivity contribution is 0.0970. The van der Waals surface area contributed by atoms with Gasteiger partial charge in [0.15, 0.2) is 5.43 Å². The summed E-state index contributed by atoms with van der Waals surface area (Å²) in [5, 5.41) is 18.5. The number of benzene rings is 2. The van der Waals surface area contributed by atoms with Crippen LogP contribution in [0.4, 0.5) is 5.13 Å². The van der Waals surface area contributed by atoms with E-state index in [1.165, 1.54) is 33.9 Å². The maximum Gasteiger partial charge on any atom is 0.297 e. The molecule has 138 valence electrons. The quantitative estimate of drug-likeness (QED) is 0.492. The average molecular weight is 456 g/mol. The fourth-order valence-electron chi connectivity index (χ4n) is 3.42. The Labute approximate surface area is 170 Å². The van der Waals surface area contributed by atoms with Crippen molar-refractivity contribution in [3.8, 4) is 5.75 Å². The minimum Gasteiger partial charge on any atom is -0.508 e. The Hall–Kier alpha value is -3.04. The monoisotopic (exact) mass is 455 g/mol. The van der Waals surface area contributed by atoms with Crippen LogP contribution in [-0.2, 0) is 0 Å². The maximum atomic E-state index is 13.3. The maximum absolute atomic E-state index is 13.3. The van der Waals surface area contributed by atoms with Crippen molar-refractivity contribution >= 4 is 49.3 Å². The minimum atomic E-state index is -0.776. The summed E-state index contributed by atoms with van der Waals surface area (Å²) in [7, 11) is 0. The molecule has 5 rings (SSSR count). The molecule has 7 nitrogen and oxygen atoms in total. The first kappa shape index (κ1) is 17.1. The van der Waals surface area contributed by atoms with Crippen molar-refractivity contribution in [2.75, 3.05) is 4.90 Å². The molecule has 2 aromatic carbocycles. The number of carbonyl (C=O) groups is 1. The van der Waals surface area contributed by atoms with E-state index in [1.807, 2.05) is 0 Å². The highest BCUT2D eigenvalue weighted by Gasteiger charge is 2.45. The number of halogens is 1. The Kier molecular flexibility index (Phi) is 3.81. The van der Waals surface area contributed by atoms with Gasteiger partial charge in [-0.05, 0) is 35.9 Å². The van der Waals surface area contributed by atoms with Crippen molar-refractivity contribution in [1.29, 1.82) is 0 Å². The number of phenols is 1. The summed E-state index contributed by atoms with van der Waals surface area (Å²) in [5.41, 5.74) is 2.33. The van der Waals surface area contributed by atoms with Gasteiger partial charge in [0.25, 0.3) is 5.91 Å². The van der Waals surface area contributed by atoms with Crippen LogP contribution in [0.3, 0.4) is 0 Å². The Morgan fingerprint density at radius 2 is 2.04 bits per heavy atom. The SMILES string of the molecule is O=C1c2oc3ccc(Br)cc3c(=O)c2C(c2cccc(O)c2)N1c1nncs1. The van der Waals surface area contributed by atoms with E-state index in [0.717, 1.165) is 4.47 Å². The zero-order chi connectivity index (χ0) is 19.4. The van der Waals surface area contributed by atoms with Crippen LogP contribution in [0.15, 0.2) is 61.7 Å². The van der Waals surface area contributed by atoms with Gasteiger partial charge < -0.3 is 9.52 Å². The zero-order valence-corrected chi connectivity index (χ0v) is 16.4. The number of phenolic OH excluding ortho intramolecular Hbond substituents is 1. The molecule has 2 aromatic heterocycles.